The van der Waals surface area contributed by atoms with Crippen LogP contribution in [-0.4, -0.2) is 5.91 Å². The van der Waals surface area contributed by atoms with Crippen LogP contribution >= 0.6 is 27.5 Å². The lowest BCUT2D eigenvalue weighted by Crippen LogP contribution is -2.08. The fourth-order valence-electron chi connectivity index (χ4n) is 0.850. The Balaban J connectivity index is 2.81. The Hall–Kier alpha value is -0.980. The number of nitrogens with one attached hydrogen (secondary N) is 1. The highest BCUT2D eigenvalue weighted by Gasteiger charge is 2.00. The van der Waals surface area contributed by atoms with E-state index >= 15 is 0 Å². The predicted molar refractivity (Wildman–Crippen MR) is 61.2 cm³/mol. The van der Waals surface area contributed by atoms with Gasteiger partial charge in [-0.2, -0.15) is 0 Å². The molecule has 0 radical (unpaired) electrons. The van der Waals surface area contributed by atoms with E-state index in [-0.39, 0.29) is 5.91 Å². The van der Waals surface area contributed by atoms with Crippen molar-refractivity contribution in [2.24, 2.45) is 0 Å². The van der Waals surface area contributed by atoms with Crippen molar-refractivity contribution < 1.29 is 4.79 Å². The molecule has 1 aromatic rings. The molecule has 1 amide bonds. The molecular weight excluding hydrogens is 265 g/mol. The van der Waals surface area contributed by atoms with Gasteiger partial charge in [0.2, 0.25) is 0 Å². The molecule has 2 nitrogen and oxygen atoms in total. The van der Waals surface area contributed by atoms with Crippen molar-refractivity contribution in [2.45, 2.75) is 6.92 Å². The van der Waals surface area contributed by atoms with Gasteiger partial charge in [0.25, 0.3) is 5.91 Å². The van der Waals surface area contributed by atoms with Crippen molar-refractivity contribution in [3.8, 4) is 11.8 Å². The van der Waals surface area contributed by atoms with Gasteiger partial charge in [0, 0.05) is 10.2 Å². The molecule has 1 rings (SSSR count). The lowest BCUT2D eigenvalue weighted by molar-refractivity contribution is -0.111. The van der Waals surface area contributed by atoms with Crippen LogP contribution in [0.25, 0.3) is 0 Å². The molecule has 0 spiro atoms. The number of hydrogen-bond acceptors (Lipinski definition) is 1. The van der Waals surface area contributed by atoms with Crippen molar-refractivity contribution in [3.63, 3.8) is 0 Å². The third-order valence-corrected chi connectivity index (χ3v) is 2.63. The molecule has 0 fully saturated rings. The number of halogens is 2. The zero-order valence-corrected chi connectivity index (χ0v) is 9.74. The third kappa shape index (κ3) is 3.06. The highest BCUT2D eigenvalue weighted by Crippen LogP contribution is 2.25. The standard InChI is InChI=1S/C10H7BrClNO/c1-2-3-10(14)13-7-4-5-9(12)8(11)6-7/h4-6H,1H3,(H,13,14). The van der Waals surface area contributed by atoms with Gasteiger partial charge in [-0.25, -0.2) is 0 Å². The summed E-state index contributed by atoms with van der Waals surface area (Å²) in [5.74, 6) is 4.56. The van der Waals surface area contributed by atoms with Crippen LogP contribution in [0, 0.1) is 11.8 Å². The van der Waals surface area contributed by atoms with Crippen LogP contribution in [0.2, 0.25) is 5.02 Å². The monoisotopic (exact) mass is 271 g/mol. The summed E-state index contributed by atoms with van der Waals surface area (Å²) in [6.45, 7) is 1.61. The Labute approximate surface area is 95.8 Å². The topological polar surface area (TPSA) is 29.1 Å². The van der Waals surface area contributed by atoms with Crippen LogP contribution in [0.1, 0.15) is 6.92 Å². The Morgan fingerprint density at radius 1 is 1.57 bits per heavy atom. The van der Waals surface area contributed by atoms with Crippen molar-refractivity contribution in [2.75, 3.05) is 5.32 Å². The molecule has 0 aliphatic heterocycles. The Morgan fingerprint density at radius 2 is 2.29 bits per heavy atom. The molecule has 0 saturated carbocycles. The molecule has 0 bridgehead atoms. The first-order chi connectivity index (χ1) is 6.63. The van der Waals surface area contributed by atoms with Gasteiger partial charge in [0.05, 0.1) is 5.02 Å². The third-order valence-electron chi connectivity index (χ3n) is 1.42. The first-order valence-electron chi connectivity index (χ1n) is 3.82. The average Bonchev–Trinajstić information content (AvgIpc) is 2.12. The van der Waals surface area contributed by atoms with E-state index in [1.54, 1.807) is 25.1 Å². The summed E-state index contributed by atoms with van der Waals surface area (Å²) in [6.07, 6.45) is 0. The summed E-state index contributed by atoms with van der Waals surface area (Å²) in [4.78, 5) is 11.1. The van der Waals surface area contributed by atoms with Crippen LogP contribution in [-0.2, 0) is 4.79 Å². The number of anilines is 1. The maximum atomic E-state index is 11.1. The lowest BCUT2D eigenvalue weighted by Gasteiger charge is -2.02. The molecule has 0 heterocycles. The molecular formula is C10H7BrClNO. The number of hydrogen-bond donors (Lipinski definition) is 1. The van der Waals surface area contributed by atoms with Gasteiger partial charge in [-0.1, -0.05) is 17.5 Å². The van der Waals surface area contributed by atoms with Gasteiger partial charge in [0.15, 0.2) is 0 Å². The van der Waals surface area contributed by atoms with Gasteiger partial charge in [-0.3, -0.25) is 4.79 Å². The van der Waals surface area contributed by atoms with Crippen molar-refractivity contribution in [3.05, 3.63) is 27.7 Å². The van der Waals surface area contributed by atoms with Gasteiger partial charge >= 0.3 is 0 Å². The van der Waals surface area contributed by atoms with E-state index < -0.39 is 0 Å². The normalized spacial score (nSPS) is 8.79. The molecule has 14 heavy (non-hydrogen) atoms. The van der Waals surface area contributed by atoms with E-state index in [0.717, 1.165) is 4.47 Å². The van der Waals surface area contributed by atoms with E-state index in [1.165, 1.54) is 0 Å². The molecule has 0 aliphatic rings. The Kier molecular flexibility index (Phi) is 3.99. The van der Waals surface area contributed by atoms with E-state index in [4.69, 9.17) is 11.6 Å². The summed E-state index contributed by atoms with van der Waals surface area (Å²) in [7, 11) is 0. The largest absolute Gasteiger partial charge is 0.315 e. The molecule has 1 aromatic carbocycles. The maximum absolute atomic E-state index is 11.1. The van der Waals surface area contributed by atoms with Gasteiger partial charge < -0.3 is 5.32 Å². The maximum Gasteiger partial charge on any atom is 0.300 e. The van der Waals surface area contributed by atoms with Crippen molar-refractivity contribution in [1.82, 2.24) is 0 Å². The quantitative estimate of drug-likeness (QED) is 0.782. The highest BCUT2D eigenvalue weighted by molar-refractivity contribution is 9.10. The van der Waals surface area contributed by atoms with Gasteiger partial charge in [-0.05, 0) is 47.0 Å². The minimum atomic E-state index is -0.332. The SMILES string of the molecule is CC#CC(=O)Nc1ccc(Cl)c(Br)c1. The summed E-state index contributed by atoms with van der Waals surface area (Å²) >= 11 is 9.05. The first-order valence-corrected chi connectivity index (χ1v) is 4.99. The van der Waals surface area contributed by atoms with Crippen molar-refractivity contribution >= 4 is 39.1 Å². The summed E-state index contributed by atoms with van der Waals surface area (Å²) in [6, 6.07) is 5.13. The molecule has 1 N–H and O–H groups in total. The smallest absolute Gasteiger partial charge is 0.300 e. The number of carbonyl (C=O) groups excluding carboxylic acids is 1. The van der Waals surface area contributed by atoms with E-state index in [2.05, 4.69) is 33.1 Å². The Morgan fingerprint density at radius 3 is 2.86 bits per heavy atom. The van der Waals surface area contributed by atoms with Gasteiger partial charge in [-0.15, -0.1) is 0 Å². The molecule has 0 aromatic heterocycles. The van der Waals surface area contributed by atoms with Crippen LogP contribution < -0.4 is 5.32 Å². The number of amides is 1. The lowest BCUT2D eigenvalue weighted by atomic mass is 10.3. The summed E-state index contributed by atoms with van der Waals surface area (Å²) in [5.41, 5.74) is 0.661. The zero-order valence-electron chi connectivity index (χ0n) is 7.40. The van der Waals surface area contributed by atoms with Crippen LogP contribution in [0.4, 0.5) is 5.69 Å². The van der Waals surface area contributed by atoms with Crippen LogP contribution in [0.5, 0.6) is 0 Å². The fourth-order valence-corrected chi connectivity index (χ4v) is 1.35. The van der Waals surface area contributed by atoms with E-state index in [1.807, 2.05) is 0 Å². The zero-order chi connectivity index (χ0) is 10.6. The average molecular weight is 273 g/mol. The van der Waals surface area contributed by atoms with E-state index in [9.17, 15) is 4.79 Å². The summed E-state index contributed by atoms with van der Waals surface area (Å²) < 4.78 is 0.737. The second-order valence-corrected chi connectivity index (χ2v) is 3.72. The number of carbonyl (C=O) groups is 1. The molecule has 72 valence electrons. The van der Waals surface area contributed by atoms with E-state index in [0.29, 0.717) is 10.7 Å². The van der Waals surface area contributed by atoms with Gasteiger partial charge in [0.1, 0.15) is 0 Å². The van der Waals surface area contributed by atoms with Crippen molar-refractivity contribution in [1.29, 1.82) is 0 Å². The number of benzene rings is 1. The molecule has 4 heteroatoms. The molecule has 0 atom stereocenters. The minimum Gasteiger partial charge on any atom is -0.315 e. The molecule has 0 saturated heterocycles. The van der Waals surface area contributed by atoms with Crippen LogP contribution in [0.3, 0.4) is 0 Å². The number of rotatable bonds is 1. The molecule has 0 aliphatic carbocycles. The molecule has 0 unspecified atom stereocenters. The predicted octanol–water partition coefficient (Wildman–Crippen LogP) is 3.06. The minimum absolute atomic E-state index is 0.332. The Bertz CT molecular complexity index is 420. The first kappa shape index (κ1) is 11.1. The second-order valence-electron chi connectivity index (χ2n) is 2.46. The highest BCUT2D eigenvalue weighted by atomic mass is 79.9. The fraction of sp³-hybridized carbons (Fsp3) is 0.100. The van der Waals surface area contributed by atoms with Crippen LogP contribution in [0.15, 0.2) is 22.7 Å². The summed E-state index contributed by atoms with van der Waals surface area (Å²) in [5, 5.41) is 3.21. The second kappa shape index (κ2) is 5.04.